The van der Waals surface area contributed by atoms with Gasteiger partial charge in [0.1, 0.15) is 0 Å². The lowest BCUT2D eigenvalue weighted by Gasteiger charge is -2.20. The van der Waals surface area contributed by atoms with E-state index in [1.807, 2.05) is 6.07 Å². The van der Waals surface area contributed by atoms with Crippen molar-refractivity contribution < 1.29 is 4.79 Å². The molecule has 4 rings (SSSR count). The summed E-state index contributed by atoms with van der Waals surface area (Å²) in [6.07, 6.45) is 8.24. The second-order valence-electron chi connectivity index (χ2n) is 7.41. The van der Waals surface area contributed by atoms with E-state index in [0.717, 1.165) is 45.2 Å². The number of carbonyl (C=O) groups is 1. The van der Waals surface area contributed by atoms with Crippen LogP contribution in [0.2, 0.25) is 0 Å². The Morgan fingerprint density at radius 1 is 1.12 bits per heavy atom. The van der Waals surface area contributed by atoms with E-state index >= 15 is 0 Å². The Bertz CT molecular complexity index is 718. The first-order chi connectivity index (χ1) is 12.3. The molecule has 2 aliphatic rings. The van der Waals surface area contributed by atoms with Crippen LogP contribution < -0.4 is 0 Å². The zero-order valence-electron chi connectivity index (χ0n) is 14.8. The Hall–Kier alpha value is -2.10. The Balaban J connectivity index is 1.24. The van der Waals surface area contributed by atoms with Crippen LogP contribution in [0.1, 0.15) is 60.5 Å². The smallest absolute Gasteiger partial charge is 0.222 e. The molecule has 0 saturated heterocycles. The van der Waals surface area contributed by atoms with Gasteiger partial charge >= 0.3 is 0 Å². The van der Waals surface area contributed by atoms with Gasteiger partial charge in [0.25, 0.3) is 0 Å². The van der Waals surface area contributed by atoms with E-state index in [1.165, 1.54) is 35.4 Å². The van der Waals surface area contributed by atoms with Crippen LogP contribution in [0.25, 0.3) is 0 Å². The Morgan fingerprint density at radius 3 is 2.72 bits per heavy atom. The lowest BCUT2D eigenvalue weighted by molar-refractivity contribution is -0.131. The van der Waals surface area contributed by atoms with Crippen molar-refractivity contribution in [1.82, 2.24) is 15.1 Å². The second kappa shape index (κ2) is 7.42. The van der Waals surface area contributed by atoms with Crippen LogP contribution in [0.15, 0.2) is 30.3 Å². The van der Waals surface area contributed by atoms with Crippen LogP contribution in [0.4, 0.5) is 0 Å². The third-order valence-corrected chi connectivity index (χ3v) is 5.51. The van der Waals surface area contributed by atoms with Gasteiger partial charge < -0.3 is 4.90 Å². The van der Waals surface area contributed by atoms with Crippen molar-refractivity contribution in [3.8, 4) is 0 Å². The monoisotopic (exact) mass is 337 g/mol. The molecule has 4 nitrogen and oxygen atoms in total. The van der Waals surface area contributed by atoms with E-state index in [2.05, 4.69) is 39.4 Å². The molecule has 2 aromatic rings. The molecule has 1 aromatic heterocycles. The maximum Gasteiger partial charge on any atom is 0.222 e. The molecule has 1 aliphatic carbocycles. The summed E-state index contributed by atoms with van der Waals surface area (Å²) in [5.41, 5.74) is 5.32. The van der Waals surface area contributed by atoms with Crippen molar-refractivity contribution >= 4 is 5.91 Å². The van der Waals surface area contributed by atoms with E-state index in [9.17, 15) is 4.79 Å². The number of nitrogens with zero attached hydrogens (tertiary/aromatic N) is 2. The molecule has 1 amide bonds. The third-order valence-electron chi connectivity index (χ3n) is 5.51. The highest BCUT2D eigenvalue weighted by atomic mass is 16.2. The molecule has 0 spiro atoms. The van der Waals surface area contributed by atoms with Gasteiger partial charge in [0.2, 0.25) is 5.91 Å². The molecule has 0 unspecified atom stereocenters. The summed E-state index contributed by atoms with van der Waals surface area (Å²) < 4.78 is 0. The first kappa shape index (κ1) is 16.4. The maximum absolute atomic E-state index is 12.6. The topological polar surface area (TPSA) is 49.0 Å². The van der Waals surface area contributed by atoms with Crippen LogP contribution in [-0.2, 0) is 24.1 Å². The molecule has 1 N–H and O–H groups in total. The van der Waals surface area contributed by atoms with Gasteiger partial charge in [-0.1, -0.05) is 30.3 Å². The van der Waals surface area contributed by atoms with E-state index < -0.39 is 0 Å². The Labute approximate surface area is 149 Å². The van der Waals surface area contributed by atoms with Crippen molar-refractivity contribution in [1.29, 1.82) is 0 Å². The zero-order valence-corrected chi connectivity index (χ0v) is 14.8. The first-order valence-corrected chi connectivity index (χ1v) is 9.69. The summed E-state index contributed by atoms with van der Waals surface area (Å²) in [7, 11) is 0. The number of amides is 1. The van der Waals surface area contributed by atoms with E-state index in [-0.39, 0.29) is 0 Å². The zero-order chi connectivity index (χ0) is 17.1. The molecule has 132 valence electrons. The predicted octanol–water partition coefficient (Wildman–Crippen LogP) is 3.63. The summed E-state index contributed by atoms with van der Waals surface area (Å²) in [5, 5.41) is 7.76. The number of H-pyrrole nitrogens is 1. The van der Waals surface area contributed by atoms with Gasteiger partial charge in [-0.05, 0) is 49.7 Å². The SMILES string of the molecule is O=C(CCCCc1ccccc1)N1CCc2[nH]nc(C3CC3)c2CC1. The average Bonchev–Trinajstić information content (AvgIpc) is 3.44. The summed E-state index contributed by atoms with van der Waals surface area (Å²) in [4.78, 5) is 14.6. The van der Waals surface area contributed by atoms with E-state index in [1.54, 1.807) is 0 Å². The standard InChI is InChI=1S/C21H27N3O/c25-20(9-5-4-8-16-6-2-1-3-7-16)24-14-12-18-19(13-15-24)22-23-21(18)17-10-11-17/h1-3,6-7,17H,4-5,8-15H2,(H,22,23). The highest BCUT2D eigenvalue weighted by Gasteiger charge is 2.31. The van der Waals surface area contributed by atoms with Gasteiger partial charge in [-0.15, -0.1) is 0 Å². The first-order valence-electron chi connectivity index (χ1n) is 9.69. The lowest BCUT2D eigenvalue weighted by Crippen LogP contribution is -2.33. The third kappa shape index (κ3) is 3.94. The molecule has 1 aromatic carbocycles. The minimum Gasteiger partial charge on any atom is -0.342 e. The van der Waals surface area contributed by atoms with Gasteiger partial charge in [0.05, 0.1) is 5.69 Å². The molecule has 1 saturated carbocycles. The number of unbranched alkanes of at least 4 members (excludes halogenated alkanes) is 1. The normalized spacial score (nSPS) is 17.2. The van der Waals surface area contributed by atoms with E-state index in [4.69, 9.17) is 0 Å². The predicted molar refractivity (Wildman–Crippen MR) is 98.5 cm³/mol. The minimum atomic E-state index is 0.319. The number of hydrogen-bond donors (Lipinski definition) is 1. The van der Waals surface area contributed by atoms with Crippen LogP contribution in [0.5, 0.6) is 0 Å². The average molecular weight is 337 g/mol. The Kier molecular flexibility index (Phi) is 4.86. The molecule has 0 atom stereocenters. The number of nitrogens with one attached hydrogen (secondary N) is 1. The number of rotatable bonds is 6. The molecular weight excluding hydrogens is 310 g/mol. The summed E-state index contributed by atoms with van der Waals surface area (Å²) in [6, 6.07) is 10.5. The molecule has 1 aliphatic heterocycles. The fourth-order valence-corrected chi connectivity index (χ4v) is 3.86. The fourth-order valence-electron chi connectivity index (χ4n) is 3.86. The number of carbonyl (C=O) groups excluding carboxylic acids is 1. The molecular formula is C21H27N3O. The van der Waals surface area contributed by atoms with E-state index in [0.29, 0.717) is 18.2 Å². The van der Waals surface area contributed by atoms with Gasteiger partial charge in [-0.3, -0.25) is 9.89 Å². The molecule has 25 heavy (non-hydrogen) atoms. The molecule has 0 bridgehead atoms. The largest absolute Gasteiger partial charge is 0.342 e. The molecule has 0 radical (unpaired) electrons. The number of aromatic amines is 1. The molecule has 1 fully saturated rings. The van der Waals surface area contributed by atoms with Crippen LogP contribution in [-0.4, -0.2) is 34.1 Å². The van der Waals surface area contributed by atoms with Gasteiger partial charge in [0, 0.05) is 37.5 Å². The number of aryl methyl sites for hydroxylation is 1. The van der Waals surface area contributed by atoms with Gasteiger partial charge in [-0.25, -0.2) is 0 Å². The lowest BCUT2D eigenvalue weighted by atomic mass is 10.1. The quantitative estimate of drug-likeness (QED) is 0.818. The maximum atomic E-state index is 12.6. The molecule has 4 heteroatoms. The van der Waals surface area contributed by atoms with Crippen molar-refractivity contribution in [2.45, 2.75) is 57.3 Å². The van der Waals surface area contributed by atoms with Gasteiger partial charge in [-0.2, -0.15) is 5.10 Å². The highest BCUT2D eigenvalue weighted by Crippen LogP contribution is 2.41. The van der Waals surface area contributed by atoms with Gasteiger partial charge in [0.15, 0.2) is 0 Å². The van der Waals surface area contributed by atoms with Crippen molar-refractivity contribution in [3.05, 3.63) is 52.8 Å². The fraction of sp³-hybridized carbons (Fsp3) is 0.524. The summed E-state index contributed by atoms with van der Waals surface area (Å²) in [6.45, 7) is 1.68. The number of benzene rings is 1. The van der Waals surface area contributed by atoms with Crippen molar-refractivity contribution in [3.63, 3.8) is 0 Å². The minimum absolute atomic E-state index is 0.319. The van der Waals surface area contributed by atoms with Crippen molar-refractivity contribution in [2.24, 2.45) is 0 Å². The number of fused-ring (bicyclic) bond motifs is 1. The number of hydrogen-bond acceptors (Lipinski definition) is 2. The summed E-state index contributed by atoms with van der Waals surface area (Å²) >= 11 is 0. The van der Waals surface area contributed by atoms with Crippen molar-refractivity contribution in [2.75, 3.05) is 13.1 Å². The van der Waals surface area contributed by atoms with Crippen LogP contribution >= 0.6 is 0 Å². The second-order valence-corrected chi connectivity index (χ2v) is 7.41. The van der Waals surface area contributed by atoms with Crippen LogP contribution in [0.3, 0.4) is 0 Å². The highest BCUT2D eigenvalue weighted by molar-refractivity contribution is 5.76. The summed E-state index contributed by atoms with van der Waals surface area (Å²) in [5.74, 6) is 0.999. The van der Waals surface area contributed by atoms with Crippen LogP contribution in [0, 0.1) is 0 Å². The molecule has 2 heterocycles. The Morgan fingerprint density at radius 2 is 1.92 bits per heavy atom. The number of aromatic nitrogens is 2.